The van der Waals surface area contributed by atoms with Crippen LogP contribution in [-0.4, -0.2) is 91.0 Å². The van der Waals surface area contributed by atoms with Gasteiger partial charge in [-0.05, 0) is 78.4 Å². The molecule has 282 valence electrons. The molecule has 2 aliphatic heterocycles. The number of likely N-dealkylation sites (N-methyl/N-ethyl adjacent to an activating group) is 1. The summed E-state index contributed by atoms with van der Waals surface area (Å²) in [6.07, 6.45) is 2.94. The first-order valence-corrected chi connectivity index (χ1v) is 18.3. The average Bonchev–Trinajstić information content (AvgIpc) is 3.84. The van der Waals surface area contributed by atoms with E-state index in [1.165, 1.54) is 53.5 Å². The van der Waals surface area contributed by atoms with E-state index >= 15 is 0 Å². The molecular weight excluding hydrogens is 673 g/mol. The molecule has 52 heavy (non-hydrogen) atoms. The summed E-state index contributed by atoms with van der Waals surface area (Å²) in [6.45, 7) is 8.97. The van der Waals surface area contributed by atoms with Gasteiger partial charge in [0.1, 0.15) is 0 Å². The second-order valence-corrected chi connectivity index (χ2v) is 14.0. The number of amides is 1. The fourth-order valence-electron chi connectivity index (χ4n) is 6.92. The Labute approximate surface area is 304 Å². The highest BCUT2D eigenvalue weighted by molar-refractivity contribution is 5.76. The Morgan fingerprint density at radius 2 is 1.54 bits per heavy atom. The summed E-state index contributed by atoms with van der Waals surface area (Å²) in [7, 11) is 2.20. The van der Waals surface area contributed by atoms with Gasteiger partial charge < -0.3 is 34.6 Å². The van der Waals surface area contributed by atoms with E-state index in [-0.39, 0.29) is 0 Å². The molecule has 9 nitrogen and oxygen atoms in total. The Hall–Kier alpha value is -4.13. The normalized spacial score (nSPS) is 16.4. The Morgan fingerprint density at radius 3 is 2.25 bits per heavy atom. The zero-order chi connectivity index (χ0) is 36.9. The smallest absolute Gasteiger partial charge is 0.475 e. The first kappa shape index (κ1) is 39.1. The lowest BCUT2D eigenvalue weighted by atomic mass is 10.0. The molecule has 0 bridgehead atoms. The number of hydrogen-bond donors (Lipinski definition) is 2. The van der Waals surface area contributed by atoms with Crippen molar-refractivity contribution in [3.05, 3.63) is 83.4 Å². The van der Waals surface area contributed by atoms with Crippen LogP contribution >= 0.6 is 0 Å². The molecule has 3 aliphatic rings. The number of carbonyl (C=O) groups is 2. The minimum atomic E-state index is -5.08. The third-order valence-corrected chi connectivity index (χ3v) is 10.0. The zero-order valence-electron chi connectivity index (χ0n) is 30.0. The third kappa shape index (κ3) is 12.2. The van der Waals surface area contributed by atoms with Crippen molar-refractivity contribution in [3.8, 4) is 22.6 Å². The average molecular weight is 725 g/mol. The van der Waals surface area contributed by atoms with Crippen molar-refractivity contribution >= 4 is 11.9 Å². The molecule has 0 radical (unpaired) electrons. The lowest BCUT2D eigenvalue weighted by Crippen LogP contribution is -2.45. The molecule has 1 amide bonds. The molecule has 0 aromatic heterocycles. The molecule has 2 fully saturated rings. The van der Waals surface area contributed by atoms with Gasteiger partial charge in [-0.3, -0.25) is 4.79 Å². The first-order chi connectivity index (χ1) is 25.0. The van der Waals surface area contributed by atoms with Crippen LogP contribution in [0.25, 0.3) is 11.1 Å². The minimum Gasteiger partial charge on any atom is -0.475 e. The van der Waals surface area contributed by atoms with E-state index in [0.717, 1.165) is 82.6 Å². The van der Waals surface area contributed by atoms with Gasteiger partial charge in [0, 0.05) is 58.8 Å². The number of halogens is 3. The number of nitrogens with one attached hydrogen (secondary N) is 1. The van der Waals surface area contributed by atoms with Gasteiger partial charge in [-0.1, -0.05) is 74.2 Å². The number of aliphatic carboxylic acids is 1. The van der Waals surface area contributed by atoms with Gasteiger partial charge in [0.05, 0.1) is 0 Å². The topological polar surface area (TPSA) is 94.6 Å². The first-order valence-electron chi connectivity index (χ1n) is 18.3. The number of ether oxygens (including phenoxy) is 2. The predicted molar refractivity (Wildman–Crippen MR) is 194 cm³/mol. The molecule has 3 aromatic carbocycles. The Morgan fingerprint density at radius 1 is 0.865 bits per heavy atom. The molecule has 0 spiro atoms. The van der Waals surface area contributed by atoms with E-state index in [1.54, 1.807) is 0 Å². The maximum atomic E-state index is 13.5. The largest absolute Gasteiger partial charge is 0.490 e. The van der Waals surface area contributed by atoms with Crippen molar-refractivity contribution in [1.29, 1.82) is 0 Å². The molecule has 0 atom stereocenters. The van der Waals surface area contributed by atoms with Gasteiger partial charge in [-0.2, -0.15) is 13.2 Å². The van der Waals surface area contributed by atoms with Gasteiger partial charge in [0.15, 0.2) is 11.5 Å². The van der Waals surface area contributed by atoms with Crippen LogP contribution in [0, 0.1) is 5.92 Å². The van der Waals surface area contributed by atoms with E-state index in [1.807, 2.05) is 12.1 Å². The van der Waals surface area contributed by atoms with E-state index in [0.29, 0.717) is 25.7 Å². The standard InChI is InChI=1S/C38H50N4O3.C2HF3O2/c1-40-20-22-41(23-21-40)18-5-19-42(38(43)17-13-30-6-2-3-7-30)28-33-8-4-9-35(24-33)34-14-10-31(11-15-34)26-39-27-32-12-16-36-37(25-32)45-29-44-36;3-2(4,5)1(6)7/h4,8-12,14-16,24-25,30,39H,2-3,5-7,13,17-23,26-29H2,1H3;(H,6,7). The summed E-state index contributed by atoms with van der Waals surface area (Å²) >= 11 is 0. The summed E-state index contributed by atoms with van der Waals surface area (Å²) in [5.41, 5.74) is 6.03. The van der Waals surface area contributed by atoms with Gasteiger partial charge in [-0.15, -0.1) is 0 Å². The Bertz CT molecular complexity index is 1590. The fourth-order valence-corrected chi connectivity index (χ4v) is 6.92. The molecule has 1 saturated heterocycles. The van der Waals surface area contributed by atoms with E-state index in [2.05, 4.69) is 81.7 Å². The molecule has 6 rings (SSSR count). The summed E-state index contributed by atoms with van der Waals surface area (Å²) in [5.74, 6) is -0.0524. The lowest BCUT2D eigenvalue weighted by molar-refractivity contribution is -0.192. The van der Waals surface area contributed by atoms with Crippen LogP contribution in [0.15, 0.2) is 66.7 Å². The van der Waals surface area contributed by atoms with Crippen LogP contribution in [0.1, 0.15) is 61.6 Å². The molecule has 1 aliphatic carbocycles. The fraction of sp³-hybridized carbons (Fsp3) is 0.500. The maximum absolute atomic E-state index is 13.5. The predicted octanol–water partition coefficient (Wildman–Crippen LogP) is 6.94. The van der Waals surface area contributed by atoms with Crippen LogP contribution in [0.3, 0.4) is 0 Å². The highest BCUT2D eigenvalue weighted by Crippen LogP contribution is 2.32. The number of benzene rings is 3. The number of carboxylic acids is 1. The molecule has 2 N–H and O–H groups in total. The number of fused-ring (bicyclic) bond motifs is 1. The molecule has 0 unspecified atom stereocenters. The molecule has 2 heterocycles. The van der Waals surface area contributed by atoms with Gasteiger partial charge in [0.2, 0.25) is 12.7 Å². The minimum absolute atomic E-state index is 0.301. The number of carbonyl (C=O) groups excluding carboxylic acids is 1. The third-order valence-electron chi connectivity index (χ3n) is 10.0. The number of rotatable bonds is 14. The maximum Gasteiger partial charge on any atom is 0.490 e. The van der Waals surface area contributed by atoms with E-state index in [9.17, 15) is 18.0 Å². The quantitative estimate of drug-likeness (QED) is 0.185. The summed E-state index contributed by atoms with van der Waals surface area (Å²) in [5, 5.41) is 10.7. The van der Waals surface area contributed by atoms with Crippen LogP contribution in [-0.2, 0) is 29.2 Å². The highest BCUT2D eigenvalue weighted by atomic mass is 19.4. The monoisotopic (exact) mass is 724 g/mol. The van der Waals surface area contributed by atoms with Crippen molar-refractivity contribution in [2.75, 3.05) is 53.1 Å². The van der Waals surface area contributed by atoms with Crippen molar-refractivity contribution in [2.24, 2.45) is 5.92 Å². The zero-order valence-corrected chi connectivity index (χ0v) is 30.0. The second-order valence-electron chi connectivity index (χ2n) is 14.0. The Balaban J connectivity index is 0.000000679. The van der Waals surface area contributed by atoms with Crippen molar-refractivity contribution < 1.29 is 37.3 Å². The number of nitrogens with zero attached hydrogens (tertiary/aromatic N) is 3. The molecular formula is C40H51F3N4O5. The molecule has 12 heteroatoms. The van der Waals surface area contributed by atoms with Crippen LogP contribution in [0.5, 0.6) is 11.5 Å². The number of carboxylic acid groups (broad SMARTS) is 1. The van der Waals surface area contributed by atoms with E-state index in [4.69, 9.17) is 19.4 Å². The van der Waals surface area contributed by atoms with Gasteiger partial charge >= 0.3 is 12.1 Å². The molecule has 1 saturated carbocycles. The number of piperazine rings is 1. The number of hydrogen-bond acceptors (Lipinski definition) is 7. The lowest BCUT2D eigenvalue weighted by Gasteiger charge is -2.33. The number of alkyl halides is 3. The Kier molecular flexibility index (Phi) is 14.4. The van der Waals surface area contributed by atoms with Crippen LogP contribution in [0.4, 0.5) is 13.2 Å². The van der Waals surface area contributed by atoms with Crippen molar-refractivity contribution in [2.45, 2.75) is 70.8 Å². The summed E-state index contributed by atoms with van der Waals surface area (Å²) < 4.78 is 42.7. The van der Waals surface area contributed by atoms with Gasteiger partial charge in [-0.25, -0.2) is 4.79 Å². The summed E-state index contributed by atoms with van der Waals surface area (Å²) in [6, 6.07) is 23.7. The van der Waals surface area contributed by atoms with Crippen LogP contribution in [0.2, 0.25) is 0 Å². The SMILES string of the molecule is CN1CCN(CCCN(Cc2cccc(-c3ccc(CNCc4ccc5c(c4)OCO5)cc3)c2)C(=O)CCC2CCCC2)CC1.O=C(O)C(F)(F)F. The van der Waals surface area contributed by atoms with E-state index < -0.39 is 12.1 Å². The van der Waals surface area contributed by atoms with Crippen molar-refractivity contribution in [3.63, 3.8) is 0 Å². The van der Waals surface area contributed by atoms with Crippen LogP contribution < -0.4 is 14.8 Å². The summed E-state index contributed by atoms with van der Waals surface area (Å²) in [4.78, 5) is 29.5. The van der Waals surface area contributed by atoms with Gasteiger partial charge in [0.25, 0.3) is 0 Å². The highest BCUT2D eigenvalue weighted by Gasteiger charge is 2.38. The second kappa shape index (κ2) is 19.1. The molecule has 3 aromatic rings. The van der Waals surface area contributed by atoms with Crippen molar-refractivity contribution in [1.82, 2.24) is 20.0 Å².